The maximum absolute atomic E-state index is 5.13. The molecule has 2 aromatic rings. The number of oxazole rings is 1. The Morgan fingerprint density at radius 1 is 1.47 bits per heavy atom. The van der Waals surface area contributed by atoms with Gasteiger partial charge in [-0.25, -0.2) is 4.98 Å². The van der Waals surface area contributed by atoms with Crippen LogP contribution in [0, 0.1) is 0 Å². The van der Waals surface area contributed by atoms with E-state index >= 15 is 0 Å². The first-order valence-electron chi connectivity index (χ1n) is 4.64. The summed E-state index contributed by atoms with van der Waals surface area (Å²) in [5, 5.41) is 3.27. The predicted molar refractivity (Wildman–Crippen MR) is 62.1 cm³/mol. The van der Waals surface area contributed by atoms with Crippen LogP contribution in [0.3, 0.4) is 0 Å². The van der Waals surface area contributed by atoms with Crippen LogP contribution in [0.4, 0.5) is 5.69 Å². The van der Waals surface area contributed by atoms with Gasteiger partial charge in [-0.15, -0.1) is 11.8 Å². The zero-order valence-corrected chi connectivity index (χ0v) is 9.25. The van der Waals surface area contributed by atoms with Crippen LogP contribution in [0.5, 0.6) is 0 Å². The molecule has 0 bridgehead atoms. The molecule has 1 N–H and O–H groups in total. The first kappa shape index (κ1) is 10.1. The SMILES string of the molecule is CSc1cccc(NCc2cnco2)c1. The minimum Gasteiger partial charge on any atom is -0.447 e. The molecule has 4 heteroatoms. The van der Waals surface area contributed by atoms with Crippen molar-refractivity contribution < 1.29 is 4.42 Å². The summed E-state index contributed by atoms with van der Waals surface area (Å²) in [5.74, 6) is 0.838. The number of thioether (sulfide) groups is 1. The molecule has 1 aromatic carbocycles. The van der Waals surface area contributed by atoms with E-state index < -0.39 is 0 Å². The van der Waals surface area contributed by atoms with E-state index in [9.17, 15) is 0 Å². The van der Waals surface area contributed by atoms with Gasteiger partial charge in [-0.1, -0.05) is 6.07 Å². The third-order valence-electron chi connectivity index (χ3n) is 2.02. The minimum absolute atomic E-state index is 0.665. The lowest BCUT2D eigenvalue weighted by atomic mass is 10.3. The quantitative estimate of drug-likeness (QED) is 0.804. The zero-order chi connectivity index (χ0) is 10.5. The molecule has 15 heavy (non-hydrogen) atoms. The Balaban J connectivity index is 1.98. The van der Waals surface area contributed by atoms with Gasteiger partial charge in [-0.05, 0) is 24.5 Å². The van der Waals surface area contributed by atoms with Crippen molar-refractivity contribution in [2.75, 3.05) is 11.6 Å². The van der Waals surface area contributed by atoms with Gasteiger partial charge in [0.2, 0.25) is 0 Å². The average molecular weight is 220 g/mol. The number of nitrogens with one attached hydrogen (secondary N) is 1. The molecule has 0 aliphatic heterocycles. The average Bonchev–Trinajstić information content (AvgIpc) is 2.79. The molecule has 0 unspecified atom stereocenters. The molecule has 3 nitrogen and oxygen atoms in total. The molecule has 0 aliphatic rings. The molecule has 0 saturated carbocycles. The van der Waals surface area contributed by atoms with Crippen LogP contribution >= 0.6 is 11.8 Å². The zero-order valence-electron chi connectivity index (χ0n) is 8.43. The maximum Gasteiger partial charge on any atom is 0.180 e. The van der Waals surface area contributed by atoms with Gasteiger partial charge in [-0.2, -0.15) is 0 Å². The second-order valence-corrected chi connectivity index (χ2v) is 3.93. The van der Waals surface area contributed by atoms with Crippen molar-refractivity contribution in [3.05, 3.63) is 42.6 Å². The number of hydrogen-bond donors (Lipinski definition) is 1. The molecule has 0 spiro atoms. The third-order valence-corrected chi connectivity index (χ3v) is 2.75. The van der Waals surface area contributed by atoms with Gasteiger partial charge < -0.3 is 9.73 Å². The van der Waals surface area contributed by atoms with Crippen molar-refractivity contribution in [1.29, 1.82) is 0 Å². The van der Waals surface area contributed by atoms with E-state index in [0.29, 0.717) is 6.54 Å². The minimum atomic E-state index is 0.665. The van der Waals surface area contributed by atoms with Gasteiger partial charge in [0, 0.05) is 10.6 Å². The number of hydrogen-bond acceptors (Lipinski definition) is 4. The van der Waals surface area contributed by atoms with E-state index in [0.717, 1.165) is 11.4 Å². The summed E-state index contributed by atoms with van der Waals surface area (Å²) >= 11 is 1.73. The lowest BCUT2D eigenvalue weighted by Gasteiger charge is -2.05. The van der Waals surface area contributed by atoms with Crippen LogP contribution in [0.1, 0.15) is 5.76 Å². The van der Waals surface area contributed by atoms with Crippen molar-refractivity contribution in [1.82, 2.24) is 4.98 Å². The second-order valence-electron chi connectivity index (χ2n) is 3.05. The van der Waals surface area contributed by atoms with Crippen molar-refractivity contribution in [3.63, 3.8) is 0 Å². The van der Waals surface area contributed by atoms with Crippen molar-refractivity contribution in [2.24, 2.45) is 0 Å². The molecule has 2 rings (SSSR count). The van der Waals surface area contributed by atoms with Gasteiger partial charge in [0.15, 0.2) is 6.39 Å². The lowest BCUT2D eigenvalue weighted by molar-refractivity contribution is 0.512. The molecule has 0 atom stereocenters. The highest BCUT2D eigenvalue weighted by molar-refractivity contribution is 7.98. The second kappa shape index (κ2) is 4.89. The summed E-state index contributed by atoms with van der Waals surface area (Å²) in [7, 11) is 0. The van der Waals surface area contributed by atoms with Crippen molar-refractivity contribution in [2.45, 2.75) is 11.4 Å². The summed E-state index contributed by atoms with van der Waals surface area (Å²) in [5.41, 5.74) is 1.10. The van der Waals surface area contributed by atoms with Crippen LogP contribution < -0.4 is 5.32 Å². The maximum atomic E-state index is 5.13. The Morgan fingerprint density at radius 2 is 2.40 bits per heavy atom. The Morgan fingerprint density at radius 3 is 3.13 bits per heavy atom. The summed E-state index contributed by atoms with van der Waals surface area (Å²) in [6.07, 6.45) is 5.22. The molecule has 0 amide bonds. The number of rotatable bonds is 4. The van der Waals surface area contributed by atoms with Gasteiger partial charge in [0.25, 0.3) is 0 Å². The first-order valence-corrected chi connectivity index (χ1v) is 5.86. The van der Waals surface area contributed by atoms with Gasteiger partial charge in [-0.3, -0.25) is 0 Å². The normalized spacial score (nSPS) is 10.2. The fourth-order valence-electron chi connectivity index (χ4n) is 1.25. The number of benzene rings is 1. The summed E-state index contributed by atoms with van der Waals surface area (Å²) in [6, 6.07) is 8.27. The first-order chi connectivity index (χ1) is 7.38. The third kappa shape index (κ3) is 2.76. The lowest BCUT2D eigenvalue weighted by Crippen LogP contribution is -1.97. The van der Waals surface area contributed by atoms with E-state index in [1.807, 2.05) is 12.1 Å². The Bertz CT molecular complexity index is 414. The Labute approximate surface area is 92.9 Å². The van der Waals surface area contributed by atoms with E-state index in [4.69, 9.17) is 4.42 Å². The van der Waals surface area contributed by atoms with Crippen molar-refractivity contribution >= 4 is 17.4 Å². The monoisotopic (exact) mass is 220 g/mol. The molecular weight excluding hydrogens is 208 g/mol. The fraction of sp³-hybridized carbons (Fsp3) is 0.182. The van der Waals surface area contributed by atoms with Gasteiger partial charge in [0.1, 0.15) is 5.76 Å². The molecule has 0 radical (unpaired) electrons. The molecule has 1 aromatic heterocycles. The smallest absolute Gasteiger partial charge is 0.180 e. The van der Waals surface area contributed by atoms with Crippen LogP contribution in [0.25, 0.3) is 0 Å². The molecule has 0 aliphatic carbocycles. The van der Waals surface area contributed by atoms with Crippen LogP contribution in [0.15, 0.2) is 46.2 Å². The number of nitrogens with zero attached hydrogens (tertiary/aromatic N) is 1. The standard InChI is InChI=1S/C11H12N2OS/c1-15-11-4-2-3-9(5-11)13-7-10-6-12-8-14-10/h2-6,8,13H,7H2,1H3. The summed E-state index contributed by atoms with van der Waals surface area (Å²) < 4.78 is 5.13. The van der Waals surface area contributed by atoms with E-state index in [-0.39, 0.29) is 0 Å². The van der Waals surface area contributed by atoms with E-state index in [1.54, 1.807) is 18.0 Å². The summed E-state index contributed by atoms with van der Waals surface area (Å²) in [6.45, 7) is 0.665. The topological polar surface area (TPSA) is 38.1 Å². The van der Waals surface area contributed by atoms with Crippen LogP contribution in [0.2, 0.25) is 0 Å². The highest BCUT2D eigenvalue weighted by atomic mass is 32.2. The number of anilines is 1. The molecule has 0 fully saturated rings. The van der Waals surface area contributed by atoms with Gasteiger partial charge in [0.05, 0.1) is 12.7 Å². The molecule has 1 heterocycles. The van der Waals surface area contributed by atoms with Crippen LogP contribution in [-0.4, -0.2) is 11.2 Å². The highest BCUT2D eigenvalue weighted by Gasteiger charge is 1.97. The Hall–Kier alpha value is -1.42. The molecular formula is C11H12N2OS. The largest absolute Gasteiger partial charge is 0.447 e. The summed E-state index contributed by atoms with van der Waals surface area (Å²) in [4.78, 5) is 5.11. The van der Waals surface area contributed by atoms with Crippen molar-refractivity contribution in [3.8, 4) is 0 Å². The van der Waals surface area contributed by atoms with E-state index in [2.05, 4.69) is 28.7 Å². The Kier molecular flexibility index (Phi) is 3.29. The van der Waals surface area contributed by atoms with E-state index in [1.165, 1.54) is 11.3 Å². The van der Waals surface area contributed by atoms with Gasteiger partial charge >= 0.3 is 0 Å². The molecule has 0 saturated heterocycles. The highest BCUT2D eigenvalue weighted by Crippen LogP contribution is 2.19. The predicted octanol–water partition coefficient (Wildman–Crippen LogP) is 3.01. The van der Waals surface area contributed by atoms with Crippen LogP contribution in [-0.2, 0) is 6.54 Å². The fourth-order valence-corrected chi connectivity index (χ4v) is 1.71. The molecule has 78 valence electrons. The number of aromatic nitrogens is 1.